The maximum Gasteiger partial charge on any atom is 0.253 e. The van der Waals surface area contributed by atoms with Gasteiger partial charge in [0.15, 0.2) is 0 Å². The molecule has 2 N–H and O–H groups in total. The first-order valence-corrected chi connectivity index (χ1v) is 6.30. The number of carbonyl (C=O) groups excluding carboxylic acids is 1. The Bertz CT molecular complexity index is 363. The van der Waals surface area contributed by atoms with Gasteiger partial charge in [-0.1, -0.05) is 32.4 Å². The second kappa shape index (κ2) is 6.94. The average Bonchev–Trinajstić information content (AvgIpc) is 2.38. The molecule has 17 heavy (non-hydrogen) atoms. The third-order valence-electron chi connectivity index (χ3n) is 2.91. The molecule has 3 nitrogen and oxygen atoms in total. The quantitative estimate of drug-likeness (QED) is 0.794. The Labute approximate surface area is 104 Å². The van der Waals surface area contributed by atoms with Crippen LogP contribution >= 0.6 is 0 Å². The van der Waals surface area contributed by atoms with E-state index in [0.717, 1.165) is 24.9 Å². The molecule has 0 aliphatic carbocycles. The second-order valence-corrected chi connectivity index (χ2v) is 4.16. The molecule has 0 saturated carbocycles. The third kappa shape index (κ3) is 3.77. The van der Waals surface area contributed by atoms with Gasteiger partial charge in [0.1, 0.15) is 0 Å². The van der Waals surface area contributed by atoms with E-state index in [1.54, 1.807) is 0 Å². The van der Waals surface area contributed by atoms with E-state index in [9.17, 15) is 4.79 Å². The minimum atomic E-state index is 0.00949. The van der Waals surface area contributed by atoms with Crippen LogP contribution in [0.4, 0.5) is 5.69 Å². The lowest BCUT2D eigenvalue weighted by molar-refractivity contribution is 0.0934. The standard InChI is InChI=1S/C14H22N2O/c1-4-8-11(5-2)16-14(17)12-9-6-7-10-13(12)15-3/h6-7,9-11,15H,4-5,8H2,1-3H3,(H,16,17). The molecule has 1 rings (SSSR count). The van der Waals surface area contributed by atoms with E-state index in [0.29, 0.717) is 5.56 Å². The van der Waals surface area contributed by atoms with Crippen LogP contribution in [-0.4, -0.2) is 19.0 Å². The number of carbonyl (C=O) groups is 1. The van der Waals surface area contributed by atoms with Gasteiger partial charge in [0.2, 0.25) is 0 Å². The molecule has 0 bridgehead atoms. The number of anilines is 1. The molecule has 0 saturated heterocycles. The van der Waals surface area contributed by atoms with Crippen molar-refractivity contribution >= 4 is 11.6 Å². The largest absolute Gasteiger partial charge is 0.387 e. The summed E-state index contributed by atoms with van der Waals surface area (Å²) in [7, 11) is 1.83. The molecule has 0 radical (unpaired) electrons. The molecule has 1 amide bonds. The van der Waals surface area contributed by atoms with E-state index in [2.05, 4.69) is 24.5 Å². The van der Waals surface area contributed by atoms with Gasteiger partial charge in [-0.2, -0.15) is 0 Å². The zero-order valence-electron chi connectivity index (χ0n) is 10.9. The predicted molar refractivity (Wildman–Crippen MR) is 72.4 cm³/mol. The highest BCUT2D eigenvalue weighted by Crippen LogP contribution is 2.14. The Morgan fingerprint density at radius 3 is 2.59 bits per heavy atom. The first kappa shape index (κ1) is 13.6. The van der Waals surface area contributed by atoms with Crippen LogP contribution in [0.2, 0.25) is 0 Å². The molecule has 0 heterocycles. The Morgan fingerprint density at radius 1 is 1.29 bits per heavy atom. The van der Waals surface area contributed by atoms with E-state index in [-0.39, 0.29) is 11.9 Å². The second-order valence-electron chi connectivity index (χ2n) is 4.16. The van der Waals surface area contributed by atoms with Gasteiger partial charge in [-0.05, 0) is 25.0 Å². The lowest BCUT2D eigenvalue weighted by Crippen LogP contribution is -2.34. The molecule has 0 aliphatic rings. The first-order chi connectivity index (χ1) is 8.22. The number of hydrogen-bond acceptors (Lipinski definition) is 2. The third-order valence-corrected chi connectivity index (χ3v) is 2.91. The van der Waals surface area contributed by atoms with Crippen LogP contribution in [0.15, 0.2) is 24.3 Å². The van der Waals surface area contributed by atoms with Gasteiger partial charge in [0.25, 0.3) is 5.91 Å². The minimum absolute atomic E-state index is 0.00949. The molecule has 94 valence electrons. The van der Waals surface area contributed by atoms with Gasteiger partial charge in [0, 0.05) is 18.8 Å². The molecule has 0 fully saturated rings. The molecule has 0 aromatic heterocycles. The fourth-order valence-electron chi connectivity index (χ4n) is 1.89. The zero-order valence-corrected chi connectivity index (χ0v) is 10.9. The van der Waals surface area contributed by atoms with Crippen LogP contribution < -0.4 is 10.6 Å². The lowest BCUT2D eigenvalue weighted by atomic mass is 10.1. The van der Waals surface area contributed by atoms with Crippen molar-refractivity contribution in [1.29, 1.82) is 0 Å². The summed E-state index contributed by atoms with van der Waals surface area (Å²) in [6.45, 7) is 4.24. The maximum atomic E-state index is 12.1. The Hall–Kier alpha value is -1.51. The summed E-state index contributed by atoms with van der Waals surface area (Å²) in [4.78, 5) is 12.1. The van der Waals surface area contributed by atoms with Crippen molar-refractivity contribution in [3.8, 4) is 0 Å². The smallest absolute Gasteiger partial charge is 0.253 e. The van der Waals surface area contributed by atoms with E-state index < -0.39 is 0 Å². The number of nitrogens with one attached hydrogen (secondary N) is 2. The number of benzene rings is 1. The van der Waals surface area contributed by atoms with Gasteiger partial charge >= 0.3 is 0 Å². The summed E-state index contributed by atoms with van der Waals surface area (Å²) >= 11 is 0. The topological polar surface area (TPSA) is 41.1 Å². The fourth-order valence-corrected chi connectivity index (χ4v) is 1.89. The first-order valence-electron chi connectivity index (χ1n) is 6.30. The molecule has 0 spiro atoms. The SMILES string of the molecule is CCCC(CC)NC(=O)c1ccccc1NC. The van der Waals surface area contributed by atoms with Crippen molar-refractivity contribution in [1.82, 2.24) is 5.32 Å². The maximum absolute atomic E-state index is 12.1. The van der Waals surface area contributed by atoms with Crippen molar-refractivity contribution in [3.05, 3.63) is 29.8 Å². The zero-order chi connectivity index (χ0) is 12.7. The molecule has 3 heteroatoms. The summed E-state index contributed by atoms with van der Waals surface area (Å²) < 4.78 is 0. The minimum Gasteiger partial charge on any atom is -0.387 e. The summed E-state index contributed by atoms with van der Waals surface area (Å²) in [5, 5.41) is 6.12. The summed E-state index contributed by atoms with van der Waals surface area (Å²) in [6, 6.07) is 7.84. The molecule has 1 atom stereocenters. The van der Waals surface area contributed by atoms with Crippen LogP contribution in [-0.2, 0) is 0 Å². The molecular weight excluding hydrogens is 212 g/mol. The van der Waals surface area contributed by atoms with E-state index in [4.69, 9.17) is 0 Å². The molecule has 1 aromatic carbocycles. The van der Waals surface area contributed by atoms with Crippen LogP contribution in [0.25, 0.3) is 0 Å². The monoisotopic (exact) mass is 234 g/mol. The van der Waals surface area contributed by atoms with Crippen LogP contribution in [0.5, 0.6) is 0 Å². The number of amides is 1. The van der Waals surface area contributed by atoms with Crippen LogP contribution in [0, 0.1) is 0 Å². The summed E-state index contributed by atoms with van der Waals surface area (Å²) in [6.07, 6.45) is 3.09. The molecule has 0 aliphatic heterocycles. The molecule has 1 unspecified atom stereocenters. The van der Waals surface area contributed by atoms with Crippen LogP contribution in [0.3, 0.4) is 0 Å². The number of rotatable bonds is 6. The molecular formula is C14H22N2O. The van der Waals surface area contributed by atoms with Crippen molar-refractivity contribution < 1.29 is 4.79 Å². The van der Waals surface area contributed by atoms with E-state index in [1.807, 2.05) is 31.3 Å². The average molecular weight is 234 g/mol. The van der Waals surface area contributed by atoms with Crippen LogP contribution in [0.1, 0.15) is 43.5 Å². The van der Waals surface area contributed by atoms with Crippen molar-refractivity contribution in [2.75, 3.05) is 12.4 Å². The summed E-state index contributed by atoms with van der Waals surface area (Å²) in [5.41, 5.74) is 1.58. The Morgan fingerprint density at radius 2 is 2.00 bits per heavy atom. The lowest BCUT2D eigenvalue weighted by Gasteiger charge is -2.17. The Balaban J connectivity index is 2.75. The highest BCUT2D eigenvalue weighted by molar-refractivity contribution is 5.99. The van der Waals surface area contributed by atoms with E-state index in [1.165, 1.54) is 0 Å². The Kier molecular flexibility index (Phi) is 5.53. The van der Waals surface area contributed by atoms with Gasteiger partial charge in [-0.15, -0.1) is 0 Å². The predicted octanol–water partition coefficient (Wildman–Crippen LogP) is 3.04. The molecule has 1 aromatic rings. The fraction of sp³-hybridized carbons (Fsp3) is 0.500. The van der Waals surface area contributed by atoms with Crippen molar-refractivity contribution in [2.24, 2.45) is 0 Å². The van der Waals surface area contributed by atoms with Gasteiger partial charge in [-0.25, -0.2) is 0 Å². The van der Waals surface area contributed by atoms with E-state index >= 15 is 0 Å². The number of para-hydroxylation sites is 1. The van der Waals surface area contributed by atoms with Crippen molar-refractivity contribution in [3.63, 3.8) is 0 Å². The van der Waals surface area contributed by atoms with Gasteiger partial charge in [-0.3, -0.25) is 4.79 Å². The highest BCUT2D eigenvalue weighted by Gasteiger charge is 2.13. The highest BCUT2D eigenvalue weighted by atomic mass is 16.1. The number of hydrogen-bond donors (Lipinski definition) is 2. The van der Waals surface area contributed by atoms with Gasteiger partial charge in [0.05, 0.1) is 5.56 Å². The summed E-state index contributed by atoms with van der Waals surface area (Å²) in [5.74, 6) is 0.00949. The van der Waals surface area contributed by atoms with Crippen molar-refractivity contribution in [2.45, 2.75) is 39.2 Å². The normalized spacial score (nSPS) is 11.9. The van der Waals surface area contributed by atoms with Gasteiger partial charge < -0.3 is 10.6 Å².